The maximum Gasteiger partial charge on any atom is 0.270 e. The van der Waals surface area contributed by atoms with Gasteiger partial charge in [0.1, 0.15) is 0 Å². The maximum absolute atomic E-state index is 11.9. The van der Waals surface area contributed by atoms with Gasteiger partial charge in [-0.15, -0.1) is 0 Å². The summed E-state index contributed by atoms with van der Waals surface area (Å²) in [4.78, 5) is 11.9. The zero-order valence-corrected chi connectivity index (χ0v) is 13.2. The van der Waals surface area contributed by atoms with Gasteiger partial charge in [-0.2, -0.15) is 0 Å². The van der Waals surface area contributed by atoms with Gasteiger partial charge in [-0.25, -0.2) is 0 Å². The molecule has 1 heterocycles. The third-order valence-corrected chi connectivity index (χ3v) is 3.86. The number of benzene rings is 1. The Morgan fingerprint density at radius 2 is 2.20 bits per heavy atom. The fourth-order valence-corrected chi connectivity index (χ4v) is 2.48. The lowest BCUT2D eigenvalue weighted by Gasteiger charge is -2.14. The highest BCUT2D eigenvalue weighted by Gasteiger charge is 2.15. The molecule has 7 heteroatoms. The average Bonchev–Trinajstić information content (AvgIpc) is 2.96. The number of nitrogens with one attached hydrogen (secondary N) is 3. The second-order valence-electron chi connectivity index (χ2n) is 4.40. The molecular formula is C13H16BrN3O2S. The van der Waals surface area contributed by atoms with Crippen LogP contribution in [0.3, 0.4) is 0 Å². The lowest BCUT2D eigenvalue weighted by molar-refractivity contribution is 0.0942. The number of halogens is 1. The van der Waals surface area contributed by atoms with Crippen molar-refractivity contribution in [3.8, 4) is 0 Å². The Morgan fingerprint density at radius 3 is 2.90 bits per heavy atom. The molecule has 3 N–H and O–H groups in total. The number of hydrazine groups is 1. The summed E-state index contributed by atoms with van der Waals surface area (Å²) < 4.78 is 6.20. The molecule has 0 saturated carbocycles. The van der Waals surface area contributed by atoms with E-state index in [0.29, 0.717) is 17.2 Å². The largest absolute Gasteiger partial charge is 0.376 e. The smallest absolute Gasteiger partial charge is 0.270 e. The van der Waals surface area contributed by atoms with Crippen LogP contribution in [0.1, 0.15) is 23.2 Å². The summed E-state index contributed by atoms with van der Waals surface area (Å²) in [7, 11) is 0. The topological polar surface area (TPSA) is 62.4 Å². The van der Waals surface area contributed by atoms with E-state index in [2.05, 4.69) is 32.1 Å². The van der Waals surface area contributed by atoms with Crippen LogP contribution in [0.5, 0.6) is 0 Å². The van der Waals surface area contributed by atoms with Gasteiger partial charge in [-0.1, -0.05) is 12.1 Å². The first-order valence-electron chi connectivity index (χ1n) is 6.37. The predicted octanol–water partition coefficient (Wildman–Crippen LogP) is 1.74. The molecule has 1 aromatic rings. The predicted molar refractivity (Wildman–Crippen MR) is 84.3 cm³/mol. The maximum atomic E-state index is 11.9. The Morgan fingerprint density at radius 1 is 1.40 bits per heavy atom. The minimum atomic E-state index is -0.251. The van der Waals surface area contributed by atoms with E-state index in [1.165, 1.54) is 0 Å². The highest BCUT2D eigenvalue weighted by Crippen LogP contribution is 2.15. The zero-order chi connectivity index (χ0) is 14.4. The molecular weight excluding hydrogens is 342 g/mol. The third-order valence-electron chi connectivity index (χ3n) is 2.92. The average molecular weight is 358 g/mol. The monoisotopic (exact) mass is 357 g/mol. The number of carbonyl (C=O) groups is 1. The molecule has 1 saturated heterocycles. The van der Waals surface area contributed by atoms with Crippen molar-refractivity contribution in [3.05, 3.63) is 34.3 Å². The van der Waals surface area contributed by atoms with Crippen molar-refractivity contribution in [3.63, 3.8) is 0 Å². The van der Waals surface area contributed by atoms with Crippen LogP contribution < -0.4 is 16.2 Å². The summed E-state index contributed by atoms with van der Waals surface area (Å²) >= 11 is 8.41. The minimum Gasteiger partial charge on any atom is -0.376 e. The van der Waals surface area contributed by atoms with Crippen molar-refractivity contribution >= 4 is 39.2 Å². The van der Waals surface area contributed by atoms with Crippen LogP contribution in [0.15, 0.2) is 28.7 Å². The lowest BCUT2D eigenvalue weighted by Crippen LogP contribution is -2.48. The van der Waals surface area contributed by atoms with E-state index < -0.39 is 0 Å². The van der Waals surface area contributed by atoms with Gasteiger partial charge in [-0.3, -0.25) is 15.6 Å². The van der Waals surface area contributed by atoms with Gasteiger partial charge in [0.15, 0.2) is 5.11 Å². The van der Waals surface area contributed by atoms with Gasteiger partial charge in [0.2, 0.25) is 0 Å². The number of hydrogen-bond donors (Lipinski definition) is 3. The quantitative estimate of drug-likeness (QED) is 0.568. The van der Waals surface area contributed by atoms with E-state index in [-0.39, 0.29) is 12.0 Å². The van der Waals surface area contributed by atoms with Crippen LogP contribution >= 0.6 is 28.1 Å². The van der Waals surface area contributed by atoms with Gasteiger partial charge in [0, 0.05) is 17.6 Å². The van der Waals surface area contributed by atoms with Crippen LogP contribution in [-0.2, 0) is 4.74 Å². The first-order valence-corrected chi connectivity index (χ1v) is 7.57. The lowest BCUT2D eigenvalue weighted by atomic mass is 10.2. The van der Waals surface area contributed by atoms with Gasteiger partial charge < -0.3 is 10.1 Å². The Labute approximate surface area is 131 Å². The van der Waals surface area contributed by atoms with Crippen LogP contribution in [0.25, 0.3) is 0 Å². The summed E-state index contributed by atoms with van der Waals surface area (Å²) in [6, 6.07) is 7.18. The van der Waals surface area contributed by atoms with Crippen molar-refractivity contribution in [1.29, 1.82) is 0 Å². The molecule has 0 unspecified atom stereocenters. The molecule has 0 radical (unpaired) electrons. The molecule has 1 aliphatic rings. The van der Waals surface area contributed by atoms with E-state index in [9.17, 15) is 4.79 Å². The van der Waals surface area contributed by atoms with Gasteiger partial charge in [0.25, 0.3) is 5.91 Å². The zero-order valence-electron chi connectivity index (χ0n) is 10.8. The molecule has 1 fully saturated rings. The van der Waals surface area contributed by atoms with Gasteiger partial charge in [-0.05, 0) is 53.1 Å². The van der Waals surface area contributed by atoms with E-state index in [4.69, 9.17) is 17.0 Å². The van der Waals surface area contributed by atoms with Crippen molar-refractivity contribution in [2.24, 2.45) is 0 Å². The normalized spacial score (nSPS) is 17.6. The molecule has 0 aliphatic carbocycles. The van der Waals surface area contributed by atoms with Crippen molar-refractivity contribution < 1.29 is 9.53 Å². The van der Waals surface area contributed by atoms with Crippen LogP contribution in [0.2, 0.25) is 0 Å². The van der Waals surface area contributed by atoms with Gasteiger partial charge in [0.05, 0.1) is 11.7 Å². The van der Waals surface area contributed by atoms with E-state index in [1.807, 2.05) is 12.1 Å². The molecule has 108 valence electrons. The number of rotatable bonds is 3. The standard InChI is InChI=1S/C13H16BrN3O2S/c14-11-6-2-1-5-10(11)12(18)16-17-13(20)15-8-9-4-3-7-19-9/h1-2,5-6,9H,3-4,7-8H2,(H,16,18)(H2,15,17,20)/t9-/m0/s1. The second kappa shape index (κ2) is 7.56. The van der Waals surface area contributed by atoms with E-state index in [0.717, 1.165) is 23.9 Å². The molecule has 1 aromatic carbocycles. The fraction of sp³-hybridized carbons (Fsp3) is 0.385. The molecule has 1 aliphatic heterocycles. The number of thiocarbonyl (C=S) groups is 1. The van der Waals surface area contributed by atoms with E-state index >= 15 is 0 Å². The minimum absolute atomic E-state index is 0.203. The summed E-state index contributed by atoms with van der Waals surface area (Å²) in [5, 5.41) is 3.39. The molecule has 20 heavy (non-hydrogen) atoms. The van der Waals surface area contributed by atoms with Crippen molar-refractivity contribution in [2.75, 3.05) is 13.2 Å². The molecule has 2 rings (SSSR count). The van der Waals surface area contributed by atoms with Crippen LogP contribution in [0.4, 0.5) is 0 Å². The fourth-order valence-electron chi connectivity index (χ4n) is 1.88. The van der Waals surface area contributed by atoms with Crippen molar-refractivity contribution in [2.45, 2.75) is 18.9 Å². The first kappa shape index (κ1) is 15.2. The molecule has 0 aromatic heterocycles. The molecule has 1 amide bonds. The number of hydrogen-bond acceptors (Lipinski definition) is 3. The first-order chi connectivity index (χ1) is 9.66. The molecule has 0 spiro atoms. The SMILES string of the molecule is O=C(NNC(=S)NC[C@@H]1CCCO1)c1ccccc1Br. The molecule has 1 atom stereocenters. The van der Waals surface area contributed by atoms with Crippen LogP contribution in [-0.4, -0.2) is 30.3 Å². The Bertz CT molecular complexity index is 492. The Hall–Kier alpha value is -1.18. The van der Waals surface area contributed by atoms with Crippen LogP contribution in [0, 0.1) is 0 Å². The highest BCUT2D eigenvalue weighted by atomic mass is 79.9. The Kier molecular flexibility index (Phi) is 5.75. The highest BCUT2D eigenvalue weighted by molar-refractivity contribution is 9.10. The van der Waals surface area contributed by atoms with Crippen molar-refractivity contribution in [1.82, 2.24) is 16.2 Å². The van der Waals surface area contributed by atoms with Gasteiger partial charge >= 0.3 is 0 Å². The number of ether oxygens (including phenoxy) is 1. The number of carbonyl (C=O) groups excluding carboxylic acids is 1. The Balaban J connectivity index is 1.72. The summed E-state index contributed by atoms with van der Waals surface area (Å²) in [6.07, 6.45) is 2.33. The number of amides is 1. The second-order valence-corrected chi connectivity index (χ2v) is 5.67. The van der Waals surface area contributed by atoms with E-state index in [1.54, 1.807) is 12.1 Å². The third kappa shape index (κ3) is 4.43. The summed E-state index contributed by atoms with van der Waals surface area (Å²) in [5.41, 5.74) is 5.77. The summed E-state index contributed by atoms with van der Waals surface area (Å²) in [5.74, 6) is -0.251. The molecule has 0 bridgehead atoms. The molecule has 5 nitrogen and oxygen atoms in total. The summed E-state index contributed by atoms with van der Waals surface area (Å²) in [6.45, 7) is 1.46.